The maximum absolute atomic E-state index is 12.4. The van der Waals surface area contributed by atoms with Crippen molar-refractivity contribution in [3.05, 3.63) is 53.4 Å². The molecule has 0 aliphatic carbocycles. The Bertz CT molecular complexity index is 1080. The summed E-state index contributed by atoms with van der Waals surface area (Å²) in [6, 6.07) is 9.91. The van der Waals surface area contributed by atoms with Crippen LogP contribution < -0.4 is 4.74 Å². The summed E-state index contributed by atoms with van der Waals surface area (Å²) in [6.07, 6.45) is 0. The van der Waals surface area contributed by atoms with Gasteiger partial charge < -0.3 is 13.8 Å². The van der Waals surface area contributed by atoms with Gasteiger partial charge in [-0.25, -0.2) is 0 Å². The maximum Gasteiger partial charge on any atom is 0.387 e. The Morgan fingerprint density at radius 3 is 2.82 bits per heavy atom. The Morgan fingerprint density at radius 2 is 2.07 bits per heavy atom. The second-order valence-electron chi connectivity index (χ2n) is 5.68. The Labute approximate surface area is 167 Å². The van der Waals surface area contributed by atoms with Gasteiger partial charge in [0.25, 0.3) is 5.89 Å². The summed E-state index contributed by atoms with van der Waals surface area (Å²) in [6.45, 7) is -2.91. The lowest BCUT2D eigenvalue weighted by atomic mass is 10.2. The average Bonchev–Trinajstić information content (AvgIpc) is 3.41. The third kappa shape index (κ3) is 3.62. The Morgan fingerprint density at radius 1 is 1.21 bits per heavy atom. The highest BCUT2D eigenvalue weighted by molar-refractivity contribution is 7.80. The summed E-state index contributed by atoms with van der Waals surface area (Å²) >= 11 is 6.11. The standard InChI is InChI=1S/C17H13F2N5O2S2/c1-24-14(11-6-3-7-28-11)21-22-15(24)12(27)13-20-16(26-23-13)9-4-2-5-10(8-9)25-17(18)19/h2-8,12,17,27H,1H3. The van der Waals surface area contributed by atoms with E-state index in [9.17, 15) is 8.78 Å². The van der Waals surface area contributed by atoms with Crippen LogP contribution >= 0.6 is 24.0 Å². The molecule has 144 valence electrons. The van der Waals surface area contributed by atoms with E-state index in [2.05, 4.69) is 37.7 Å². The number of nitrogens with zero attached hydrogens (tertiary/aromatic N) is 5. The second-order valence-corrected chi connectivity index (χ2v) is 7.15. The van der Waals surface area contributed by atoms with Gasteiger partial charge in [-0.2, -0.15) is 26.4 Å². The molecule has 0 N–H and O–H groups in total. The number of hydrogen-bond acceptors (Lipinski definition) is 8. The van der Waals surface area contributed by atoms with E-state index in [4.69, 9.17) is 4.52 Å². The predicted molar refractivity (Wildman–Crippen MR) is 102 cm³/mol. The number of benzene rings is 1. The van der Waals surface area contributed by atoms with Gasteiger partial charge in [0.05, 0.1) is 4.88 Å². The van der Waals surface area contributed by atoms with E-state index in [-0.39, 0.29) is 17.5 Å². The number of aromatic nitrogens is 5. The lowest BCUT2D eigenvalue weighted by Gasteiger charge is -2.06. The van der Waals surface area contributed by atoms with Gasteiger partial charge in [-0.15, -0.1) is 21.5 Å². The summed E-state index contributed by atoms with van der Waals surface area (Å²) in [4.78, 5) is 5.29. The van der Waals surface area contributed by atoms with Gasteiger partial charge in [0, 0.05) is 12.6 Å². The Kier molecular flexibility index (Phi) is 5.09. The van der Waals surface area contributed by atoms with E-state index in [1.54, 1.807) is 23.5 Å². The average molecular weight is 421 g/mol. The molecule has 4 aromatic rings. The van der Waals surface area contributed by atoms with Crippen LogP contribution in [0.25, 0.3) is 22.2 Å². The minimum Gasteiger partial charge on any atom is -0.435 e. The van der Waals surface area contributed by atoms with Crippen LogP contribution in [0, 0.1) is 0 Å². The Hall–Kier alpha value is -2.79. The van der Waals surface area contributed by atoms with Crippen molar-refractivity contribution in [3.63, 3.8) is 0 Å². The van der Waals surface area contributed by atoms with Crippen molar-refractivity contribution >= 4 is 24.0 Å². The topological polar surface area (TPSA) is 78.9 Å². The minimum absolute atomic E-state index is 0.00330. The van der Waals surface area contributed by atoms with Gasteiger partial charge in [-0.05, 0) is 29.6 Å². The summed E-state index contributed by atoms with van der Waals surface area (Å²) in [7, 11) is 1.83. The van der Waals surface area contributed by atoms with Gasteiger partial charge in [-0.1, -0.05) is 17.3 Å². The highest BCUT2D eigenvalue weighted by Gasteiger charge is 2.24. The largest absolute Gasteiger partial charge is 0.435 e. The number of thiol groups is 1. The zero-order valence-electron chi connectivity index (χ0n) is 14.4. The summed E-state index contributed by atoms with van der Waals surface area (Å²) in [5.74, 6) is 1.71. The highest BCUT2D eigenvalue weighted by Crippen LogP contribution is 2.31. The van der Waals surface area contributed by atoms with Crippen LogP contribution in [0.4, 0.5) is 8.78 Å². The van der Waals surface area contributed by atoms with Crippen LogP contribution in [-0.4, -0.2) is 31.5 Å². The molecule has 1 unspecified atom stereocenters. The summed E-state index contributed by atoms with van der Waals surface area (Å²) in [5, 5.41) is 13.7. The first kappa shape index (κ1) is 18.6. The smallest absolute Gasteiger partial charge is 0.387 e. The quantitative estimate of drug-likeness (QED) is 0.470. The maximum atomic E-state index is 12.4. The first-order valence-electron chi connectivity index (χ1n) is 8.03. The molecule has 1 aromatic carbocycles. The van der Waals surface area contributed by atoms with Crippen LogP contribution in [0.5, 0.6) is 5.75 Å². The molecule has 0 saturated carbocycles. The summed E-state index contributed by atoms with van der Waals surface area (Å²) in [5.41, 5.74) is 0.453. The van der Waals surface area contributed by atoms with Crippen molar-refractivity contribution in [1.82, 2.24) is 24.9 Å². The Balaban J connectivity index is 1.60. The molecule has 1 atom stereocenters. The van der Waals surface area contributed by atoms with Crippen molar-refractivity contribution in [1.29, 1.82) is 0 Å². The molecule has 0 spiro atoms. The SMILES string of the molecule is Cn1c(-c2cccs2)nnc1C(S)c1noc(-c2cccc(OC(F)F)c2)n1. The van der Waals surface area contributed by atoms with Crippen LogP contribution in [0.15, 0.2) is 46.3 Å². The molecule has 3 heterocycles. The number of hydrogen-bond donors (Lipinski definition) is 1. The number of halogens is 2. The van der Waals surface area contributed by atoms with Gasteiger partial charge >= 0.3 is 6.61 Å². The predicted octanol–water partition coefficient (Wildman–Crippen LogP) is 4.21. The van der Waals surface area contributed by atoms with Crippen molar-refractivity contribution in [2.75, 3.05) is 0 Å². The number of alkyl halides is 2. The van der Waals surface area contributed by atoms with Crippen molar-refractivity contribution in [3.8, 4) is 27.9 Å². The van der Waals surface area contributed by atoms with Crippen LogP contribution in [-0.2, 0) is 7.05 Å². The number of thiophene rings is 1. The first-order chi connectivity index (χ1) is 13.5. The molecule has 0 fully saturated rings. The van der Waals surface area contributed by atoms with Crippen molar-refractivity contribution in [2.24, 2.45) is 7.05 Å². The van der Waals surface area contributed by atoms with Crippen LogP contribution in [0.1, 0.15) is 16.9 Å². The lowest BCUT2D eigenvalue weighted by Crippen LogP contribution is -2.05. The van der Waals surface area contributed by atoms with E-state index in [1.165, 1.54) is 12.1 Å². The van der Waals surface area contributed by atoms with Crippen molar-refractivity contribution in [2.45, 2.75) is 11.9 Å². The van der Waals surface area contributed by atoms with E-state index < -0.39 is 11.9 Å². The fourth-order valence-electron chi connectivity index (χ4n) is 2.58. The molecule has 0 amide bonds. The van der Waals surface area contributed by atoms with Gasteiger partial charge in [0.1, 0.15) is 11.0 Å². The fourth-order valence-corrected chi connectivity index (χ4v) is 3.66. The molecule has 0 saturated heterocycles. The lowest BCUT2D eigenvalue weighted by molar-refractivity contribution is -0.0498. The zero-order chi connectivity index (χ0) is 19.7. The van der Waals surface area contributed by atoms with Gasteiger partial charge in [-0.3, -0.25) is 0 Å². The van der Waals surface area contributed by atoms with E-state index >= 15 is 0 Å². The fraction of sp³-hybridized carbons (Fsp3) is 0.176. The van der Waals surface area contributed by atoms with E-state index in [0.29, 0.717) is 17.2 Å². The molecular weight excluding hydrogens is 408 g/mol. The molecule has 3 aromatic heterocycles. The van der Waals surface area contributed by atoms with E-state index in [1.807, 2.05) is 29.1 Å². The van der Waals surface area contributed by atoms with Crippen LogP contribution in [0.2, 0.25) is 0 Å². The van der Waals surface area contributed by atoms with E-state index in [0.717, 1.165) is 4.88 Å². The molecule has 0 bridgehead atoms. The van der Waals surface area contributed by atoms with Gasteiger partial charge in [0.15, 0.2) is 17.5 Å². The highest BCUT2D eigenvalue weighted by atomic mass is 32.1. The number of rotatable bonds is 6. The van der Waals surface area contributed by atoms with Crippen molar-refractivity contribution < 1.29 is 18.0 Å². The third-order valence-corrected chi connectivity index (χ3v) is 5.21. The normalized spacial score (nSPS) is 12.5. The molecular formula is C17H13F2N5O2S2. The third-order valence-electron chi connectivity index (χ3n) is 3.89. The van der Waals surface area contributed by atoms with Gasteiger partial charge in [0.2, 0.25) is 0 Å². The molecule has 0 aliphatic rings. The molecule has 0 aliphatic heterocycles. The number of ether oxygens (including phenoxy) is 1. The van der Waals surface area contributed by atoms with Crippen LogP contribution in [0.3, 0.4) is 0 Å². The molecule has 11 heteroatoms. The molecule has 7 nitrogen and oxygen atoms in total. The summed E-state index contributed by atoms with van der Waals surface area (Å²) < 4.78 is 36.3. The monoisotopic (exact) mass is 421 g/mol. The second kappa shape index (κ2) is 7.68. The molecule has 0 radical (unpaired) electrons. The first-order valence-corrected chi connectivity index (χ1v) is 9.42. The zero-order valence-corrected chi connectivity index (χ0v) is 16.1. The molecule has 4 rings (SSSR count). The molecule has 28 heavy (non-hydrogen) atoms. The minimum atomic E-state index is -2.91.